The van der Waals surface area contributed by atoms with E-state index in [4.69, 9.17) is 0 Å². The summed E-state index contributed by atoms with van der Waals surface area (Å²) in [7, 11) is 0. The second kappa shape index (κ2) is 5.84. The fourth-order valence-electron chi connectivity index (χ4n) is 3.05. The smallest absolute Gasteiger partial charge is 0.0762 e. The highest BCUT2D eigenvalue weighted by molar-refractivity contribution is 9.10. The Morgan fingerprint density at radius 2 is 2.00 bits per heavy atom. The second-order valence-corrected chi connectivity index (χ2v) is 6.95. The van der Waals surface area contributed by atoms with Crippen LogP contribution in [0.2, 0.25) is 0 Å². The van der Waals surface area contributed by atoms with Crippen LogP contribution >= 0.6 is 15.9 Å². The first-order valence-corrected chi connectivity index (χ1v) is 7.93. The van der Waals surface area contributed by atoms with E-state index < -0.39 is 6.10 Å². The van der Waals surface area contributed by atoms with Crippen LogP contribution < -0.4 is 4.90 Å². The molecule has 106 valence electrons. The largest absolute Gasteiger partial charge is 0.389 e. The van der Waals surface area contributed by atoms with Gasteiger partial charge in [0.15, 0.2) is 0 Å². The van der Waals surface area contributed by atoms with Crippen molar-refractivity contribution in [2.45, 2.75) is 46.3 Å². The van der Waals surface area contributed by atoms with E-state index in [1.54, 1.807) is 6.92 Å². The molecule has 0 aromatic heterocycles. The Balaban J connectivity index is 2.30. The predicted molar refractivity (Wildman–Crippen MR) is 84.5 cm³/mol. The molecule has 1 aliphatic heterocycles. The minimum absolute atomic E-state index is 0.415. The second-order valence-electron chi connectivity index (χ2n) is 6.10. The summed E-state index contributed by atoms with van der Waals surface area (Å²) in [4.78, 5) is 2.49. The van der Waals surface area contributed by atoms with Crippen molar-refractivity contribution in [2.24, 2.45) is 11.8 Å². The molecule has 0 aliphatic carbocycles. The first kappa shape index (κ1) is 14.9. The van der Waals surface area contributed by atoms with Crippen LogP contribution in [0.4, 0.5) is 5.69 Å². The fraction of sp³-hybridized carbons (Fsp3) is 0.625. The lowest BCUT2D eigenvalue weighted by Gasteiger charge is -2.43. The molecule has 2 rings (SSSR count). The summed E-state index contributed by atoms with van der Waals surface area (Å²) in [6.45, 7) is 9.89. The van der Waals surface area contributed by atoms with Gasteiger partial charge in [-0.25, -0.2) is 0 Å². The number of benzene rings is 1. The quantitative estimate of drug-likeness (QED) is 0.872. The van der Waals surface area contributed by atoms with E-state index in [-0.39, 0.29) is 0 Å². The SMILES string of the molecule is CC1CC(C)C(C)N(c2ccc([C@@H](C)O)cc2Br)C1. The van der Waals surface area contributed by atoms with Crippen molar-refractivity contribution in [3.05, 3.63) is 28.2 Å². The molecule has 1 fully saturated rings. The molecule has 1 saturated heterocycles. The number of aliphatic hydroxyl groups excluding tert-OH is 1. The van der Waals surface area contributed by atoms with Crippen molar-refractivity contribution in [1.82, 2.24) is 0 Å². The zero-order valence-electron chi connectivity index (χ0n) is 12.2. The topological polar surface area (TPSA) is 23.5 Å². The predicted octanol–water partition coefficient (Wildman–Crippen LogP) is 4.37. The average Bonchev–Trinajstić information content (AvgIpc) is 2.33. The Morgan fingerprint density at radius 1 is 1.32 bits per heavy atom. The minimum atomic E-state index is -0.415. The van der Waals surface area contributed by atoms with E-state index in [9.17, 15) is 5.11 Å². The Hall–Kier alpha value is -0.540. The number of hydrogen-bond acceptors (Lipinski definition) is 2. The number of nitrogens with zero attached hydrogens (tertiary/aromatic N) is 1. The van der Waals surface area contributed by atoms with Gasteiger partial charge >= 0.3 is 0 Å². The van der Waals surface area contributed by atoms with Crippen LogP contribution in [0, 0.1) is 11.8 Å². The number of piperidine rings is 1. The van der Waals surface area contributed by atoms with E-state index in [0.717, 1.165) is 22.5 Å². The van der Waals surface area contributed by atoms with E-state index in [1.807, 2.05) is 12.1 Å². The van der Waals surface area contributed by atoms with Crippen molar-refractivity contribution >= 4 is 21.6 Å². The van der Waals surface area contributed by atoms with Crippen molar-refractivity contribution < 1.29 is 5.11 Å². The van der Waals surface area contributed by atoms with Gasteiger partial charge in [-0.05, 0) is 65.7 Å². The van der Waals surface area contributed by atoms with Crippen LogP contribution in [0.1, 0.15) is 45.8 Å². The molecule has 1 heterocycles. The zero-order valence-corrected chi connectivity index (χ0v) is 13.8. The van der Waals surface area contributed by atoms with Crippen LogP contribution in [0.5, 0.6) is 0 Å². The zero-order chi connectivity index (χ0) is 14.2. The summed E-state index contributed by atoms with van der Waals surface area (Å²) in [5.74, 6) is 1.45. The summed E-state index contributed by atoms with van der Waals surface area (Å²) < 4.78 is 1.08. The molecule has 1 aromatic carbocycles. The van der Waals surface area contributed by atoms with Crippen molar-refractivity contribution in [1.29, 1.82) is 0 Å². The number of halogens is 1. The first-order chi connectivity index (χ1) is 8.90. The highest BCUT2D eigenvalue weighted by atomic mass is 79.9. The van der Waals surface area contributed by atoms with Crippen molar-refractivity contribution in [3.8, 4) is 0 Å². The monoisotopic (exact) mass is 325 g/mol. The van der Waals surface area contributed by atoms with Gasteiger partial charge in [-0.2, -0.15) is 0 Å². The highest BCUT2D eigenvalue weighted by Crippen LogP contribution is 2.36. The molecule has 1 aromatic rings. The molecule has 1 N–H and O–H groups in total. The van der Waals surface area contributed by atoms with E-state index in [0.29, 0.717) is 12.0 Å². The first-order valence-electron chi connectivity index (χ1n) is 7.14. The molecule has 0 amide bonds. The van der Waals surface area contributed by atoms with Crippen LogP contribution in [-0.2, 0) is 0 Å². The number of hydrogen-bond donors (Lipinski definition) is 1. The maximum Gasteiger partial charge on any atom is 0.0762 e. The van der Waals surface area contributed by atoms with Gasteiger partial charge in [-0.15, -0.1) is 0 Å². The van der Waals surface area contributed by atoms with Crippen LogP contribution in [0.3, 0.4) is 0 Å². The third-order valence-electron chi connectivity index (χ3n) is 4.36. The van der Waals surface area contributed by atoms with E-state index in [1.165, 1.54) is 12.1 Å². The lowest BCUT2D eigenvalue weighted by molar-refractivity contribution is 0.199. The molecule has 2 nitrogen and oxygen atoms in total. The molecular weight excluding hydrogens is 302 g/mol. The Morgan fingerprint density at radius 3 is 2.58 bits per heavy atom. The molecule has 3 unspecified atom stereocenters. The molecule has 0 saturated carbocycles. The van der Waals surface area contributed by atoms with Gasteiger partial charge in [0, 0.05) is 17.1 Å². The molecule has 0 spiro atoms. The molecule has 0 radical (unpaired) electrons. The summed E-state index contributed by atoms with van der Waals surface area (Å²) in [5.41, 5.74) is 2.21. The maximum absolute atomic E-state index is 9.65. The van der Waals surface area contributed by atoms with Crippen molar-refractivity contribution in [3.63, 3.8) is 0 Å². The summed E-state index contributed by atoms with van der Waals surface area (Å²) in [5, 5.41) is 9.65. The number of anilines is 1. The summed E-state index contributed by atoms with van der Waals surface area (Å²) >= 11 is 3.67. The van der Waals surface area contributed by atoms with E-state index in [2.05, 4.69) is 47.7 Å². The third kappa shape index (κ3) is 3.14. The van der Waals surface area contributed by atoms with Gasteiger partial charge in [0.2, 0.25) is 0 Å². The van der Waals surface area contributed by atoms with Gasteiger partial charge in [-0.3, -0.25) is 0 Å². The Labute approximate surface area is 124 Å². The van der Waals surface area contributed by atoms with Crippen LogP contribution in [0.25, 0.3) is 0 Å². The molecule has 19 heavy (non-hydrogen) atoms. The van der Waals surface area contributed by atoms with E-state index >= 15 is 0 Å². The molecule has 0 bridgehead atoms. The normalized spacial score (nSPS) is 29.4. The lowest BCUT2D eigenvalue weighted by atomic mass is 9.85. The van der Waals surface area contributed by atoms with Crippen LogP contribution in [0.15, 0.2) is 22.7 Å². The number of rotatable bonds is 2. The van der Waals surface area contributed by atoms with Gasteiger partial charge in [0.1, 0.15) is 0 Å². The molecule has 4 atom stereocenters. The molecular formula is C16H24BrNO. The minimum Gasteiger partial charge on any atom is -0.389 e. The maximum atomic E-state index is 9.65. The van der Waals surface area contributed by atoms with Gasteiger partial charge in [-0.1, -0.05) is 19.9 Å². The van der Waals surface area contributed by atoms with Crippen molar-refractivity contribution in [2.75, 3.05) is 11.4 Å². The van der Waals surface area contributed by atoms with Gasteiger partial charge in [0.25, 0.3) is 0 Å². The summed E-state index contributed by atoms with van der Waals surface area (Å²) in [6.07, 6.45) is 0.892. The molecule has 3 heteroatoms. The summed E-state index contributed by atoms with van der Waals surface area (Å²) in [6, 6.07) is 6.76. The highest BCUT2D eigenvalue weighted by Gasteiger charge is 2.29. The Bertz CT molecular complexity index is 446. The molecule has 1 aliphatic rings. The standard InChI is InChI=1S/C16H24BrNO/c1-10-7-11(2)12(3)18(9-10)16-6-5-14(13(4)19)8-15(16)17/h5-6,8,10-13,19H,7,9H2,1-4H3/t10?,11?,12?,13-/m1/s1. The lowest BCUT2D eigenvalue weighted by Crippen LogP contribution is -2.46. The third-order valence-corrected chi connectivity index (χ3v) is 5.00. The van der Waals surface area contributed by atoms with Crippen LogP contribution in [-0.4, -0.2) is 17.7 Å². The van der Waals surface area contributed by atoms with Gasteiger partial charge < -0.3 is 10.0 Å². The Kier molecular flexibility index (Phi) is 4.57. The average molecular weight is 326 g/mol. The van der Waals surface area contributed by atoms with Gasteiger partial charge in [0.05, 0.1) is 11.8 Å². The number of aliphatic hydroxyl groups is 1. The fourth-order valence-corrected chi connectivity index (χ4v) is 3.67.